The van der Waals surface area contributed by atoms with Crippen LogP contribution in [0, 0.1) is 12.8 Å². The summed E-state index contributed by atoms with van der Waals surface area (Å²) in [5, 5.41) is 3.50. The van der Waals surface area contributed by atoms with E-state index >= 15 is 0 Å². The Bertz CT molecular complexity index is 391. The van der Waals surface area contributed by atoms with E-state index in [9.17, 15) is 0 Å². The fraction of sp³-hybridized carbons (Fsp3) is 0.615. The molecule has 3 N–H and O–H groups in total. The Morgan fingerprint density at radius 2 is 2.29 bits per heavy atom. The molecule has 0 aromatic carbocycles. The van der Waals surface area contributed by atoms with Crippen molar-refractivity contribution >= 4 is 11.5 Å². The van der Waals surface area contributed by atoms with E-state index in [4.69, 9.17) is 5.73 Å². The van der Waals surface area contributed by atoms with Crippen molar-refractivity contribution in [3.05, 3.63) is 17.8 Å². The lowest BCUT2D eigenvalue weighted by atomic mass is 9.94. The maximum absolute atomic E-state index is 5.89. The lowest BCUT2D eigenvalue weighted by Crippen LogP contribution is -2.43. The van der Waals surface area contributed by atoms with Crippen LogP contribution in [0.4, 0.5) is 11.5 Å². The monoisotopic (exact) mass is 234 g/mol. The Balaban J connectivity index is 2.02. The summed E-state index contributed by atoms with van der Waals surface area (Å²) in [4.78, 5) is 6.76. The first-order valence-electron chi connectivity index (χ1n) is 6.23. The molecule has 2 heterocycles. The number of nitrogens with zero attached hydrogens (tertiary/aromatic N) is 2. The molecular weight excluding hydrogens is 212 g/mol. The van der Waals surface area contributed by atoms with Crippen LogP contribution in [0.25, 0.3) is 0 Å². The number of aromatic nitrogens is 1. The second-order valence-corrected chi connectivity index (χ2v) is 5.21. The molecule has 0 bridgehead atoms. The van der Waals surface area contributed by atoms with Gasteiger partial charge in [0, 0.05) is 30.5 Å². The predicted molar refractivity (Wildman–Crippen MR) is 72.1 cm³/mol. The molecule has 1 fully saturated rings. The molecule has 0 saturated carbocycles. The van der Waals surface area contributed by atoms with E-state index in [1.165, 1.54) is 0 Å². The summed E-state index contributed by atoms with van der Waals surface area (Å²) in [5.74, 6) is 1.53. The summed E-state index contributed by atoms with van der Waals surface area (Å²) in [5.41, 5.74) is 7.74. The predicted octanol–water partition coefficient (Wildman–Crippen LogP) is 1.72. The molecule has 0 amide bonds. The Morgan fingerprint density at radius 3 is 2.94 bits per heavy atom. The smallest absolute Gasteiger partial charge is 0.128 e. The number of nitrogens with two attached hydrogens (primary N) is 1. The van der Waals surface area contributed by atoms with Crippen molar-refractivity contribution < 1.29 is 0 Å². The van der Waals surface area contributed by atoms with Crippen LogP contribution in [0.3, 0.4) is 0 Å². The van der Waals surface area contributed by atoms with Crippen LogP contribution >= 0.6 is 0 Å². The van der Waals surface area contributed by atoms with Crippen LogP contribution in [0.15, 0.2) is 12.3 Å². The molecule has 1 aromatic heterocycles. The summed E-state index contributed by atoms with van der Waals surface area (Å²) in [6.07, 6.45) is 2.99. The number of anilines is 2. The van der Waals surface area contributed by atoms with Gasteiger partial charge in [0.1, 0.15) is 5.82 Å². The lowest BCUT2D eigenvalue weighted by molar-refractivity contribution is 0.206. The van der Waals surface area contributed by atoms with E-state index in [0.717, 1.165) is 36.6 Å². The fourth-order valence-electron chi connectivity index (χ4n) is 2.38. The second-order valence-electron chi connectivity index (χ2n) is 5.21. The third-order valence-electron chi connectivity index (χ3n) is 3.59. The van der Waals surface area contributed by atoms with Crippen LogP contribution in [-0.2, 0) is 0 Å². The van der Waals surface area contributed by atoms with Gasteiger partial charge in [0.15, 0.2) is 0 Å². The number of hydrogen-bond acceptors (Lipinski definition) is 4. The molecule has 4 heteroatoms. The molecule has 1 aliphatic rings. The lowest BCUT2D eigenvalue weighted by Gasteiger charge is -2.35. The molecular formula is C13H22N4. The number of pyridine rings is 1. The molecule has 2 unspecified atom stereocenters. The molecule has 1 aliphatic heterocycles. The zero-order valence-corrected chi connectivity index (χ0v) is 10.9. The number of hydrogen-bond donors (Lipinski definition) is 2. The number of nitrogen functional groups attached to an aromatic ring is 1. The Labute approximate surface area is 103 Å². The van der Waals surface area contributed by atoms with Crippen LogP contribution in [0.1, 0.15) is 18.9 Å². The summed E-state index contributed by atoms with van der Waals surface area (Å²) >= 11 is 0. The van der Waals surface area contributed by atoms with E-state index in [2.05, 4.69) is 29.2 Å². The van der Waals surface area contributed by atoms with Crippen molar-refractivity contribution in [2.24, 2.45) is 5.92 Å². The fourth-order valence-corrected chi connectivity index (χ4v) is 2.38. The average Bonchev–Trinajstić information content (AvgIpc) is 2.27. The number of piperidine rings is 1. The average molecular weight is 234 g/mol. The van der Waals surface area contributed by atoms with Crippen molar-refractivity contribution in [1.29, 1.82) is 0 Å². The van der Waals surface area contributed by atoms with Gasteiger partial charge in [0.25, 0.3) is 0 Å². The van der Waals surface area contributed by atoms with Crippen molar-refractivity contribution in [3.63, 3.8) is 0 Å². The van der Waals surface area contributed by atoms with E-state index in [1.807, 2.05) is 19.2 Å². The van der Waals surface area contributed by atoms with E-state index in [0.29, 0.717) is 12.0 Å². The molecule has 0 aliphatic carbocycles. The second kappa shape index (κ2) is 4.92. The van der Waals surface area contributed by atoms with Crippen molar-refractivity contribution in [1.82, 2.24) is 9.88 Å². The van der Waals surface area contributed by atoms with Crippen molar-refractivity contribution in [3.8, 4) is 0 Å². The van der Waals surface area contributed by atoms with Gasteiger partial charge in [0.2, 0.25) is 0 Å². The molecule has 1 aromatic rings. The normalized spacial score (nSPS) is 25.8. The number of likely N-dealkylation sites (tertiary alicyclic amines) is 1. The summed E-state index contributed by atoms with van der Waals surface area (Å²) < 4.78 is 0. The molecule has 1 saturated heterocycles. The van der Waals surface area contributed by atoms with Crippen LogP contribution in [-0.4, -0.2) is 36.1 Å². The van der Waals surface area contributed by atoms with Gasteiger partial charge in [0.05, 0.1) is 0 Å². The zero-order valence-electron chi connectivity index (χ0n) is 10.9. The third-order valence-corrected chi connectivity index (χ3v) is 3.59. The maximum Gasteiger partial charge on any atom is 0.128 e. The van der Waals surface area contributed by atoms with E-state index in [-0.39, 0.29) is 0 Å². The summed E-state index contributed by atoms with van der Waals surface area (Å²) in [6, 6.07) is 2.43. The van der Waals surface area contributed by atoms with Gasteiger partial charge in [-0.3, -0.25) is 0 Å². The number of rotatable bonds is 2. The first-order valence-corrected chi connectivity index (χ1v) is 6.23. The SMILES string of the molecule is Cc1cnc(NC2CCN(C)CC2C)cc1N. The Morgan fingerprint density at radius 1 is 1.53 bits per heavy atom. The zero-order chi connectivity index (χ0) is 12.4. The number of nitrogens with one attached hydrogen (secondary N) is 1. The molecule has 4 nitrogen and oxygen atoms in total. The van der Waals surface area contributed by atoms with Crippen LogP contribution < -0.4 is 11.1 Å². The largest absolute Gasteiger partial charge is 0.398 e. The van der Waals surface area contributed by atoms with Crippen molar-refractivity contribution in [2.45, 2.75) is 26.3 Å². The first kappa shape index (κ1) is 12.2. The molecule has 94 valence electrons. The Hall–Kier alpha value is -1.29. The first-order chi connectivity index (χ1) is 8.06. The van der Waals surface area contributed by atoms with E-state index in [1.54, 1.807) is 0 Å². The van der Waals surface area contributed by atoms with Gasteiger partial charge in [-0.1, -0.05) is 6.92 Å². The highest BCUT2D eigenvalue weighted by Gasteiger charge is 2.24. The molecule has 0 radical (unpaired) electrons. The quantitative estimate of drug-likeness (QED) is 0.818. The minimum Gasteiger partial charge on any atom is -0.398 e. The number of aryl methyl sites for hydroxylation is 1. The van der Waals surface area contributed by atoms with Gasteiger partial charge < -0.3 is 16.0 Å². The maximum atomic E-state index is 5.89. The highest BCUT2D eigenvalue weighted by Crippen LogP contribution is 2.21. The van der Waals surface area contributed by atoms with Crippen molar-refractivity contribution in [2.75, 3.05) is 31.2 Å². The third kappa shape index (κ3) is 2.88. The highest BCUT2D eigenvalue weighted by atomic mass is 15.1. The summed E-state index contributed by atoms with van der Waals surface area (Å²) in [6.45, 7) is 6.54. The summed E-state index contributed by atoms with van der Waals surface area (Å²) in [7, 11) is 2.18. The molecule has 2 atom stereocenters. The van der Waals surface area contributed by atoms with Gasteiger partial charge in [-0.05, 0) is 38.4 Å². The molecule has 17 heavy (non-hydrogen) atoms. The van der Waals surface area contributed by atoms with Crippen LogP contribution in [0.2, 0.25) is 0 Å². The van der Waals surface area contributed by atoms with Gasteiger partial charge >= 0.3 is 0 Å². The molecule has 2 rings (SSSR count). The van der Waals surface area contributed by atoms with Gasteiger partial charge in [-0.25, -0.2) is 4.98 Å². The molecule has 0 spiro atoms. The highest BCUT2D eigenvalue weighted by molar-refractivity contribution is 5.53. The van der Waals surface area contributed by atoms with E-state index < -0.39 is 0 Å². The van der Waals surface area contributed by atoms with Gasteiger partial charge in [-0.2, -0.15) is 0 Å². The topological polar surface area (TPSA) is 54.2 Å². The minimum atomic E-state index is 0.501. The van der Waals surface area contributed by atoms with Crippen LogP contribution in [0.5, 0.6) is 0 Å². The Kier molecular flexibility index (Phi) is 3.52. The standard InChI is InChI=1S/C13H22N4/c1-9-7-15-13(6-11(9)14)16-12-4-5-17(3)8-10(12)2/h6-7,10,12H,4-5,8H2,1-3H3,(H3,14,15,16). The van der Waals surface area contributed by atoms with Gasteiger partial charge in [-0.15, -0.1) is 0 Å². The minimum absolute atomic E-state index is 0.501.